The zero-order valence-electron chi connectivity index (χ0n) is 30.3. The van der Waals surface area contributed by atoms with Crippen molar-refractivity contribution in [2.24, 2.45) is 0 Å². The predicted octanol–water partition coefficient (Wildman–Crippen LogP) is 1.42. The number of imidazole rings is 2. The number of benzene rings is 2. The Labute approximate surface area is 334 Å². The third kappa shape index (κ3) is 7.97. The smallest absolute Gasteiger partial charge is 0.206 e. The molecule has 278 valence electrons. The van der Waals surface area contributed by atoms with Crippen LogP contribution in [0.1, 0.15) is 34.2 Å². The molecule has 0 atom stereocenters. The minimum absolute atomic E-state index is 0. The Morgan fingerprint density at radius 3 is 1.41 bits per heavy atom. The first-order chi connectivity index (χ1) is 25.5. The number of pyridine rings is 2. The molecule has 0 unspecified atom stereocenters. The Morgan fingerprint density at radius 1 is 0.611 bits per heavy atom. The van der Waals surface area contributed by atoms with Crippen molar-refractivity contribution < 1.29 is 43.4 Å². The molecule has 2 aromatic carbocycles. The van der Waals surface area contributed by atoms with Gasteiger partial charge >= 0.3 is 0 Å². The van der Waals surface area contributed by atoms with E-state index in [4.69, 9.17) is 19.4 Å². The fourth-order valence-corrected chi connectivity index (χ4v) is 9.01. The highest BCUT2D eigenvalue weighted by molar-refractivity contribution is 8.76. The molecule has 0 fully saturated rings. The number of rotatable bonds is 13. The number of methoxy groups -OCH3 is 2. The summed E-state index contributed by atoms with van der Waals surface area (Å²) in [5.74, 6) is 5.17. The first-order valence-corrected chi connectivity index (χ1v) is 19.6. The van der Waals surface area contributed by atoms with E-state index in [9.17, 15) is 0 Å². The van der Waals surface area contributed by atoms with Crippen LogP contribution in [0, 0.1) is 13.8 Å². The van der Waals surface area contributed by atoms with Crippen LogP contribution < -0.4 is 43.4 Å². The molecule has 8 rings (SSSR count). The Bertz CT molecular complexity index is 2320. The molecule has 0 radical (unpaired) electrons. The second-order valence-corrected chi connectivity index (χ2v) is 15.1. The molecule has 54 heavy (non-hydrogen) atoms. The van der Waals surface area contributed by atoms with E-state index in [0.717, 1.165) is 79.2 Å². The van der Waals surface area contributed by atoms with Gasteiger partial charge in [-0.15, -0.1) is 0 Å². The van der Waals surface area contributed by atoms with Crippen molar-refractivity contribution in [3.8, 4) is 22.9 Å². The molecule has 8 aromatic rings. The lowest BCUT2D eigenvalue weighted by molar-refractivity contribution is -0.696. The molecular weight excluding hydrogens is 760 g/mol. The van der Waals surface area contributed by atoms with Crippen molar-refractivity contribution in [1.82, 2.24) is 29.1 Å². The Hall–Kier alpha value is -4.88. The maximum atomic E-state index is 5.74. The van der Waals surface area contributed by atoms with E-state index in [1.807, 2.05) is 82.8 Å². The number of aromatic amines is 2. The molecule has 0 aliphatic rings. The van der Waals surface area contributed by atoms with Gasteiger partial charge in [0.25, 0.3) is 0 Å². The summed E-state index contributed by atoms with van der Waals surface area (Å²) in [5, 5.41) is 0. The minimum atomic E-state index is 0. The maximum absolute atomic E-state index is 5.74. The van der Waals surface area contributed by atoms with Gasteiger partial charge in [-0.2, -0.15) is 9.13 Å². The summed E-state index contributed by atoms with van der Waals surface area (Å²) in [4.78, 5) is 17.0. The molecule has 0 saturated carbocycles. The van der Waals surface area contributed by atoms with Crippen molar-refractivity contribution in [3.63, 3.8) is 0 Å². The van der Waals surface area contributed by atoms with Crippen LogP contribution in [0.2, 0.25) is 0 Å². The molecular formula is C40H40Cl2N8O2S2. The molecule has 10 nitrogen and oxygen atoms in total. The van der Waals surface area contributed by atoms with Gasteiger partial charge in [0.15, 0.2) is 35.4 Å². The van der Waals surface area contributed by atoms with Gasteiger partial charge in [-0.05, 0) is 74.5 Å². The number of nitrogens with one attached hydrogen (secondary N) is 2. The standard InChI is InChI=1S/C40H40N8O2S2.2ClH/c1-27-35(47(19-13-37(27)49-3)23-39-41-31-11-9-29(21-33(31)43-39)45-15-5-6-16-45)25-51-52-26-36-28(2)38(50-4)14-20-48(36)24-40-42-32-12-10-30(22-34(32)44-40)46-17-7-8-18-46;;/h5-22H,23-26H2,1-4H3,(H,41,43)(H,42,44);2*1H/q+2;;/p-2. The molecule has 0 saturated heterocycles. The van der Waals surface area contributed by atoms with Crippen LogP contribution in [0.15, 0.2) is 110 Å². The van der Waals surface area contributed by atoms with Crippen LogP contribution in [0.4, 0.5) is 0 Å². The van der Waals surface area contributed by atoms with E-state index >= 15 is 0 Å². The van der Waals surface area contributed by atoms with Gasteiger partial charge in [0.1, 0.15) is 11.5 Å². The number of aromatic nitrogens is 8. The fourth-order valence-electron chi connectivity index (χ4n) is 6.68. The number of nitrogens with zero attached hydrogens (tertiary/aromatic N) is 6. The Balaban J connectivity index is 0.00000249. The monoisotopic (exact) mass is 798 g/mol. The first kappa shape index (κ1) is 38.8. The number of ether oxygens (including phenoxy) is 2. The summed E-state index contributed by atoms with van der Waals surface area (Å²) >= 11 is 0. The highest BCUT2D eigenvalue weighted by Crippen LogP contribution is 2.33. The van der Waals surface area contributed by atoms with Gasteiger partial charge in [0.05, 0.1) is 58.9 Å². The summed E-state index contributed by atoms with van der Waals surface area (Å²) in [7, 11) is 7.13. The lowest BCUT2D eigenvalue weighted by Gasteiger charge is -2.11. The average Bonchev–Trinajstić information content (AvgIpc) is 3.99. The van der Waals surface area contributed by atoms with Crippen LogP contribution in [0.25, 0.3) is 33.4 Å². The molecule has 14 heteroatoms. The zero-order valence-corrected chi connectivity index (χ0v) is 33.4. The first-order valence-electron chi connectivity index (χ1n) is 17.1. The molecule has 0 amide bonds. The van der Waals surface area contributed by atoms with E-state index in [-0.39, 0.29) is 24.8 Å². The molecule has 0 aliphatic carbocycles. The number of hydrogen-bond acceptors (Lipinski definition) is 6. The largest absolute Gasteiger partial charge is 1.00 e. The highest BCUT2D eigenvalue weighted by Gasteiger charge is 2.23. The summed E-state index contributed by atoms with van der Waals surface area (Å²) in [6, 6.07) is 24.8. The van der Waals surface area contributed by atoms with Gasteiger partial charge in [-0.3, -0.25) is 0 Å². The predicted molar refractivity (Wildman–Crippen MR) is 207 cm³/mol. The molecule has 2 N–H and O–H groups in total. The van der Waals surface area contributed by atoms with Crippen LogP contribution >= 0.6 is 21.6 Å². The molecule has 0 aliphatic heterocycles. The van der Waals surface area contributed by atoms with E-state index < -0.39 is 0 Å². The molecule has 0 spiro atoms. The number of H-pyrrole nitrogens is 2. The van der Waals surface area contributed by atoms with Crippen LogP contribution in [-0.4, -0.2) is 43.3 Å². The van der Waals surface area contributed by atoms with Gasteiger partial charge in [0.2, 0.25) is 13.1 Å². The summed E-state index contributed by atoms with van der Waals surface area (Å²) in [6.07, 6.45) is 12.4. The molecule has 6 aromatic heterocycles. The number of hydrogen-bond donors (Lipinski definition) is 2. The highest BCUT2D eigenvalue weighted by atomic mass is 35.5. The van der Waals surface area contributed by atoms with E-state index in [1.54, 1.807) is 14.2 Å². The third-order valence-electron chi connectivity index (χ3n) is 9.50. The quantitative estimate of drug-likeness (QED) is 0.104. The zero-order chi connectivity index (χ0) is 35.6. The van der Waals surface area contributed by atoms with Gasteiger partial charge in [-0.25, -0.2) is 9.97 Å². The second-order valence-electron chi connectivity index (χ2n) is 12.6. The lowest BCUT2D eigenvalue weighted by atomic mass is 10.2. The number of halogens is 2. The van der Waals surface area contributed by atoms with Gasteiger partial charge in [-0.1, -0.05) is 21.6 Å². The Kier molecular flexibility index (Phi) is 12.3. The molecule has 0 bridgehead atoms. The van der Waals surface area contributed by atoms with Crippen LogP contribution in [0.3, 0.4) is 0 Å². The summed E-state index contributed by atoms with van der Waals surface area (Å²) in [6.45, 7) is 5.51. The Morgan fingerprint density at radius 2 is 1.02 bits per heavy atom. The topological polar surface area (TPSA) is 93.4 Å². The van der Waals surface area contributed by atoms with Crippen molar-refractivity contribution in [2.45, 2.75) is 38.4 Å². The minimum Gasteiger partial charge on any atom is -1.00 e. The SMILES string of the molecule is COc1cc[n+](Cc2nc3ccc(-n4cccc4)cc3[nH]2)c(CSSCc2c(C)c(OC)cc[n+]2Cc2nc3ccc(-n4cccc4)cc3[nH]2)c1C.[Cl-].[Cl-]. The third-order valence-corrected chi connectivity index (χ3v) is 11.7. The van der Waals surface area contributed by atoms with E-state index in [0.29, 0.717) is 13.1 Å². The van der Waals surface area contributed by atoms with E-state index in [1.165, 1.54) is 11.4 Å². The van der Waals surface area contributed by atoms with Crippen molar-refractivity contribution >= 4 is 43.7 Å². The van der Waals surface area contributed by atoms with Crippen molar-refractivity contribution in [1.29, 1.82) is 0 Å². The fraction of sp³-hybridized carbons (Fsp3) is 0.200. The average molecular weight is 800 g/mol. The van der Waals surface area contributed by atoms with Crippen molar-refractivity contribution in [3.05, 3.63) is 144 Å². The van der Waals surface area contributed by atoms with Gasteiger partial charge < -0.3 is 53.4 Å². The summed E-state index contributed by atoms with van der Waals surface area (Å²) in [5.41, 5.74) is 10.8. The lowest BCUT2D eigenvalue weighted by Crippen LogP contribution is -3.00. The molecule has 6 heterocycles. The maximum Gasteiger partial charge on any atom is 0.206 e. The van der Waals surface area contributed by atoms with Crippen LogP contribution in [0.5, 0.6) is 11.5 Å². The normalized spacial score (nSPS) is 11.1. The van der Waals surface area contributed by atoms with Crippen LogP contribution in [-0.2, 0) is 24.6 Å². The van der Waals surface area contributed by atoms with E-state index in [2.05, 4.69) is 90.9 Å². The van der Waals surface area contributed by atoms with Gasteiger partial charge in [0, 0.05) is 48.3 Å². The second kappa shape index (κ2) is 17.1. The number of fused-ring (bicyclic) bond motifs is 2. The van der Waals surface area contributed by atoms with Crippen molar-refractivity contribution in [2.75, 3.05) is 14.2 Å². The summed E-state index contributed by atoms with van der Waals surface area (Å²) < 4.78 is 20.2.